The highest BCUT2D eigenvalue weighted by Gasteiger charge is 2.10. The van der Waals surface area contributed by atoms with E-state index in [-0.39, 0.29) is 28.9 Å². The van der Waals surface area contributed by atoms with E-state index in [0.29, 0.717) is 12.5 Å². The van der Waals surface area contributed by atoms with E-state index >= 15 is 0 Å². The molecule has 0 aliphatic rings. The molecule has 3 N–H and O–H groups in total. The predicted octanol–water partition coefficient (Wildman–Crippen LogP) is 2.13. The van der Waals surface area contributed by atoms with Gasteiger partial charge in [0.15, 0.2) is 5.96 Å². The van der Waals surface area contributed by atoms with Crippen LogP contribution in [0.3, 0.4) is 0 Å². The number of methoxy groups -OCH3 is 1. The summed E-state index contributed by atoms with van der Waals surface area (Å²) < 4.78 is 30.9. The van der Waals surface area contributed by atoms with Gasteiger partial charge < -0.3 is 15.4 Å². The molecule has 0 fully saturated rings. The third-order valence-electron chi connectivity index (χ3n) is 4.05. The molecule has 0 aliphatic carbocycles. The van der Waals surface area contributed by atoms with Crippen LogP contribution >= 0.6 is 24.0 Å². The number of nitrogens with one attached hydrogen (secondary N) is 3. The van der Waals surface area contributed by atoms with Gasteiger partial charge in [-0.25, -0.2) is 13.1 Å². The molecule has 154 valence electrons. The zero-order valence-corrected chi connectivity index (χ0v) is 19.4. The van der Waals surface area contributed by atoms with Crippen LogP contribution in [-0.4, -0.2) is 42.1 Å². The highest BCUT2D eigenvalue weighted by Crippen LogP contribution is 2.11. The van der Waals surface area contributed by atoms with Crippen LogP contribution in [-0.2, 0) is 23.0 Å². The summed E-state index contributed by atoms with van der Waals surface area (Å²) >= 11 is 0. The maximum Gasteiger partial charge on any atom is 0.240 e. The average Bonchev–Trinajstić information content (AvgIpc) is 2.71. The molecule has 7 nitrogen and oxygen atoms in total. The van der Waals surface area contributed by atoms with Crippen molar-refractivity contribution < 1.29 is 13.2 Å². The third kappa shape index (κ3) is 7.28. The first-order valence-electron chi connectivity index (χ1n) is 8.58. The fourth-order valence-corrected chi connectivity index (χ4v) is 3.16. The SMILES string of the molecule is CN=C(NCCc1ccc(OC)cc1)NCc1ccc(S(=O)(=O)NC)cc1.I. The van der Waals surface area contributed by atoms with E-state index in [1.54, 1.807) is 38.4 Å². The summed E-state index contributed by atoms with van der Waals surface area (Å²) in [6.07, 6.45) is 0.862. The minimum atomic E-state index is -3.41. The van der Waals surface area contributed by atoms with Crippen LogP contribution in [0.25, 0.3) is 0 Å². The molecular weight excluding hydrogens is 491 g/mol. The van der Waals surface area contributed by atoms with Gasteiger partial charge in [-0.1, -0.05) is 24.3 Å². The Morgan fingerprint density at radius 2 is 1.61 bits per heavy atom. The minimum absolute atomic E-state index is 0. The Hall–Kier alpha value is -1.85. The van der Waals surface area contributed by atoms with Crippen molar-refractivity contribution in [1.82, 2.24) is 15.4 Å². The van der Waals surface area contributed by atoms with Crippen molar-refractivity contribution in [3.8, 4) is 5.75 Å². The van der Waals surface area contributed by atoms with Crippen LogP contribution in [0.2, 0.25) is 0 Å². The lowest BCUT2D eigenvalue weighted by Crippen LogP contribution is -2.37. The number of ether oxygens (including phenoxy) is 1. The lowest BCUT2D eigenvalue weighted by atomic mass is 10.1. The molecule has 0 atom stereocenters. The molecule has 28 heavy (non-hydrogen) atoms. The second kappa shape index (κ2) is 11.9. The molecule has 9 heteroatoms. The molecule has 0 amide bonds. The smallest absolute Gasteiger partial charge is 0.240 e. The van der Waals surface area contributed by atoms with Crippen molar-refractivity contribution >= 4 is 40.0 Å². The van der Waals surface area contributed by atoms with Crippen molar-refractivity contribution in [2.45, 2.75) is 17.9 Å². The summed E-state index contributed by atoms with van der Waals surface area (Å²) in [6.45, 7) is 1.29. The van der Waals surface area contributed by atoms with Crippen LogP contribution in [0.5, 0.6) is 5.75 Å². The molecule has 0 bridgehead atoms. The van der Waals surface area contributed by atoms with Crippen molar-refractivity contribution in [3.05, 3.63) is 59.7 Å². The van der Waals surface area contributed by atoms with Gasteiger partial charge >= 0.3 is 0 Å². The molecule has 2 aromatic rings. The van der Waals surface area contributed by atoms with Crippen LogP contribution in [0.15, 0.2) is 58.4 Å². The number of rotatable bonds is 8. The number of hydrogen-bond acceptors (Lipinski definition) is 4. The molecular formula is C19H27IN4O3S. The van der Waals surface area contributed by atoms with Gasteiger partial charge in [-0.3, -0.25) is 4.99 Å². The zero-order valence-electron chi connectivity index (χ0n) is 16.2. The number of sulfonamides is 1. The number of guanidine groups is 1. The van der Waals surface area contributed by atoms with Crippen LogP contribution in [0.4, 0.5) is 0 Å². The molecule has 0 radical (unpaired) electrons. The molecule has 2 aromatic carbocycles. The maximum atomic E-state index is 11.7. The van der Waals surface area contributed by atoms with Gasteiger partial charge in [0.1, 0.15) is 5.75 Å². The predicted molar refractivity (Wildman–Crippen MR) is 123 cm³/mol. The van der Waals surface area contributed by atoms with Gasteiger partial charge in [0.2, 0.25) is 10.0 Å². The average molecular weight is 518 g/mol. The Balaban J connectivity index is 0.00000392. The highest BCUT2D eigenvalue weighted by atomic mass is 127. The number of halogens is 1. The molecule has 0 saturated heterocycles. The fraction of sp³-hybridized carbons (Fsp3) is 0.316. The van der Waals surface area contributed by atoms with Crippen LogP contribution < -0.4 is 20.1 Å². The van der Waals surface area contributed by atoms with Gasteiger partial charge in [-0.15, -0.1) is 24.0 Å². The Bertz CT molecular complexity index is 854. The molecule has 2 rings (SSSR count). The molecule has 0 spiro atoms. The van der Waals surface area contributed by atoms with Crippen molar-refractivity contribution in [2.24, 2.45) is 4.99 Å². The first-order valence-corrected chi connectivity index (χ1v) is 10.1. The van der Waals surface area contributed by atoms with Gasteiger partial charge in [0.05, 0.1) is 12.0 Å². The molecule has 0 heterocycles. The summed E-state index contributed by atoms with van der Waals surface area (Å²) in [5.74, 6) is 1.54. The number of aliphatic imine (C=N–C) groups is 1. The Morgan fingerprint density at radius 1 is 1.00 bits per heavy atom. The van der Waals surface area contributed by atoms with Gasteiger partial charge in [0.25, 0.3) is 0 Å². The standard InChI is InChI=1S/C19H26N4O3S.HI/c1-20-19(22-13-12-15-4-8-17(26-3)9-5-15)23-14-16-6-10-18(11-7-16)27(24,25)21-2;/h4-11,21H,12-14H2,1-3H3,(H2,20,22,23);1H. The van der Waals surface area contributed by atoms with Crippen molar-refractivity contribution in [1.29, 1.82) is 0 Å². The van der Waals surface area contributed by atoms with Crippen molar-refractivity contribution in [3.63, 3.8) is 0 Å². The largest absolute Gasteiger partial charge is 0.497 e. The summed E-state index contributed by atoms with van der Waals surface area (Å²) in [6, 6.07) is 14.7. The van der Waals surface area contributed by atoms with E-state index in [1.807, 2.05) is 24.3 Å². The first kappa shape index (κ1) is 24.2. The summed E-state index contributed by atoms with van der Waals surface area (Å²) in [7, 11) is 1.35. The molecule has 0 aromatic heterocycles. The molecule has 0 unspecified atom stereocenters. The van der Waals surface area contributed by atoms with Crippen LogP contribution in [0.1, 0.15) is 11.1 Å². The summed E-state index contributed by atoms with van der Waals surface area (Å²) in [4.78, 5) is 4.45. The number of nitrogens with zero attached hydrogens (tertiary/aromatic N) is 1. The minimum Gasteiger partial charge on any atom is -0.497 e. The number of hydrogen-bond donors (Lipinski definition) is 3. The lowest BCUT2D eigenvalue weighted by Gasteiger charge is -2.12. The zero-order chi connectivity index (χ0) is 19.7. The topological polar surface area (TPSA) is 91.8 Å². The highest BCUT2D eigenvalue weighted by molar-refractivity contribution is 14.0. The van der Waals surface area contributed by atoms with E-state index < -0.39 is 10.0 Å². The third-order valence-corrected chi connectivity index (χ3v) is 5.48. The Morgan fingerprint density at radius 3 is 2.14 bits per heavy atom. The number of benzene rings is 2. The molecule has 0 saturated carbocycles. The second-order valence-corrected chi connectivity index (χ2v) is 7.69. The van der Waals surface area contributed by atoms with E-state index in [9.17, 15) is 8.42 Å². The maximum absolute atomic E-state index is 11.7. The summed E-state index contributed by atoms with van der Waals surface area (Å²) in [5.41, 5.74) is 2.17. The van der Waals surface area contributed by atoms with Crippen LogP contribution in [0, 0.1) is 0 Å². The van der Waals surface area contributed by atoms with Gasteiger partial charge in [-0.2, -0.15) is 0 Å². The second-order valence-electron chi connectivity index (χ2n) is 5.80. The van der Waals surface area contributed by atoms with Gasteiger partial charge in [0, 0.05) is 20.1 Å². The quantitative estimate of drug-likeness (QED) is 0.283. The van der Waals surface area contributed by atoms with E-state index in [1.165, 1.54) is 12.6 Å². The fourth-order valence-electron chi connectivity index (χ4n) is 2.43. The Kier molecular flexibility index (Phi) is 10.3. The lowest BCUT2D eigenvalue weighted by molar-refractivity contribution is 0.414. The van der Waals surface area contributed by atoms with E-state index in [4.69, 9.17) is 4.74 Å². The van der Waals surface area contributed by atoms with E-state index in [2.05, 4.69) is 20.3 Å². The normalized spacial score (nSPS) is 11.5. The Labute approximate surface area is 184 Å². The molecule has 0 aliphatic heterocycles. The first-order chi connectivity index (χ1) is 13.0. The van der Waals surface area contributed by atoms with Crippen molar-refractivity contribution in [2.75, 3.05) is 27.7 Å². The van der Waals surface area contributed by atoms with E-state index in [0.717, 1.165) is 24.3 Å². The summed E-state index contributed by atoms with van der Waals surface area (Å²) in [5, 5.41) is 6.48. The van der Waals surface area contributed by atoms with Gasteiger partial charge in [-0.05, 0) is 48.9 Å². The monoisotopic (exact) mass is 518 g/mol.